The Morgan fingerprint density at radius 3 is 1.34 bits per heavy atom. The number of aliphatic hydroxyl groups excluding tert-OH is 2. The van der Waals surface area contributed by atoms with Crippen LogP contribution in [0, 0.1) is 0 Å². The number of carbonyl (C=O) groups excluding carboxylic acids is 2. The average molecular weight is 870 g/mol. The van der Waals surface area contributed by atoms with Gasteiger partial charge in [-0.05, 0) is 83.5 Å². The van der Waals surface area contributed by atoms with Crippen LogP contribution in [-0.2, 0) is 14.3 Å². The Morgan fingerprint density at radius 2 is 0.871 bits per heavy atom. The van der Waals surface area contributed by atoms with Crippen LogP contribution in [0.15, 0.2) is 48.6 Å². The van der Waals surface area contributed by atoms with Crippen LogP contribution in [0.1, 0.15) is 271 Å². The van der Waals surface area contributed by atoms with Crippen LogP contribution < -0.4 is 5.32 Å². The summed E-state index contributed by atoms with van der Waals surface area (Å²) in [6.07, 6.45) is 60.3. The molecule has 0 aliphatic carbocycles. The van der Waals surface area contributed by atoms with Crippen molar-refractivity contribution in [1.29, 1.82) is 0 Å². The maximum Gasteiger partial charge on any atom is 0.306 e. The molecule has 1 amide bonds. The number of hydrogen-bond donors (Lipinski definition) is 3. The maximum atomic E-state index is 13.2. The van der Waals surface area contributed by atoms with E-state index >= 15 is 0 Å². The predicted molar refractivity (Wildman–Crippen MR) is 269 cm³/mol. The highest BCUT2D eigenvalue weighted by Gasteiger charge is 2.24. The number of unbranched alkanes of at least 4 members (excludes halogenated alkanes) is 28. The molecule has 0 saturated carbocycles. The van der Waals surface area contributed by atoms with Gasteiger partial charge in [0, 0.05) is 6.42 Å². The summed E-state index contributed by atoms with van der Waals surface area (Å²) in [6.45, 7) is 6.37. The first kappa shape index (κ1) is 59.8. The standard InChI is InChI=1S/C56H103NO5/c1-4-7-10-13-16-19-22-25-27-28-29-30-32-35-38-41-44-47-52(62-56(61)49-46-43-40-37-34-31-26-23-20-17-14-11-8-5-2)50-55(60)57-53(51-58)54(59)48-45-42-39-36-33-24-21-18-15-12-9-6-3/h8,11,17,20,25-27,31,52-54,58-59H,4-7,9-10,12-16,18-19,21-24,28-30,32-51H2,1-3H3,(H,57,60)/b11-8+,20-17+,27-25+,31-26+. The minimum Gasteiger partial charge on any atom is -0.462 e. The normalized spacial score (nSPS) is 13.6. The van der Waals surface area contributed by atoms with Gasteiger partial charge in [-0.1, -0.05) is 223 Å². The molecule has 62 heavy (non-hydrogen) atoms. The summed E-state index contributed by atoms with van der Waals surface area (Å²) in [7, 11) is 0. The molecule has 0 rings (SSSR count). The van der Waals surface area contributed by atoms with Crippen LogP contribution in [0.5, 0.6) is 0 Å². The number of ether oxygens (including phenoxy) is 1. The molecule has 0 spiro atoms. The van der Waals surface area contributed by atoms with Gasteiger partial charge in [-0.25, -0.2) is 0 Å². The monoisotopic (exact) mass is 870 g/mol. The summed E-state index contributed by atoms with van der Waals surface area (Å²) in [4.78, 5) is 26.2. The Morgan fingerprint density at radius 1 is 0.484 bits per heavy atom. The Kier molecular flexibility index (Phi) is 48.1. The van der Waals surface area contributed by atoms with Gasteiger partial charge in [0.15, 0.2) is 0 Å². The molecule has 0 aliphatic rings. The zero-order valence-corrected chi connectivity index (χ0v) is 41.3. The molecule has 0 heterocycles. The van der Waals surface area contributed by atoms with E-state index in [-0.39, 0.29) is 24.9 Å². The van der Waals surface area contributed by atoms with Crippen LogP contribution in [0.25, 0.3) is 0 Å². The Balaban J connectivity index is 4.61. The van der Waals surface area contributed by atoms with Gasteiger partial charge in [0.2, 0.25) is 5.91 Å². The highest BCUT2D eigenvalue weighted by Crippen LogP contribution is 2.18. The lowest BCUT2D eigenvalue weighted by atomic mass is 10.0. The number of nitrogens with one attached hydrogen (secondary N) is 1. The fraction of sp³-hybridized carbons (Fsp3) is 0.821. The number of rotatable bonds is 48. The molecule has 0 aromatic heterocycles. The fourth-order valence-electron chi connectivity index (χ4n) is 8.09. The first-order valence-corrected chi connectivity index (χ1v) is 26.9. The zero-order valence-electron chi connectivity index (χ0n) is 41.3. The molecule has 3 N–H and O–H groups in total. The van der Waals surface area contributed by atoms with Gasteiger partial charge in [-0.2, -0.15) is 0 Å². The molecule has 6 heteroatoms. The molecule has 0 fully saturated rings. The minimum absolute atomic E-state index is 0.0664. The van der Waals surface area contributed by atoms with Crippen molar-refractivity contribution >= 4 is 11.9 Å². The van der Waals surface area contributed by atoms with E-state index in [1.54, 1.807) is 0 Å². The molecule has 3 unspecified atom stereocenters. The molecule has 0 aliphatic heterocycles. The van der Waals surface area contributed by atoms with Crippen LogP contribution in [0.4, 0.5) is 0 Å². The molecule has 362 valence electrons. The first-order chi connectivity index (χ1) is 30.5. The van der Waals surface area contributed by atoms with E-state index in [0.717, 1.165) is 89.9 Å². The van der Waals surface area contributed by atoms with Gasteiger partial charge in [0.25, 0.3) is 0 Å². The number of allylic oxidation sites excluding steroid dienone is 8. The molecule has 0 radical (unpaired) electrons. The fourth-order valence-corrected chi connectivity index (χ4v) is 8.09. The van der Waals surface area contributed by atoms with Crippen molar-refractivity contribution in [3.8, 4) is 0 Å². The first-order valence-electron chi connectivity index (χ1n) is 26.9. The van der Waals surface area contributed by atoms with E-state index in [1.165, 1.54) is 135 Å². The Bertz CT molecular complexity index is 1070. The molecular weight excluding hydrogens is 767 g/mol. The molecular formula is C56H103NO5. The van der Waals surface area contributed by atoms with Crippen LogP contribution >= 0.6 is 0 Å². The van der Waals surface area contributed by atoms with E-state index < -0.39 is 18.2 Å². The van der Waals surface area contributed by atoms with Gasteiger partial charge in [0.05, 0.1) is 25.2 Å². The summed E-state index contributed by atoms with van der Waals surface area (Å²) < 4.78 is 5.93. The van der Waals surface area contributed by atoms with Gasteiger partial charge in [-0.3, -0.25) is 9.59 Å². The summed E-state index contributed by atoms with van der Waals surface area (Å²) in [5.41, 5.74) is 0. The Labute approximate surface area is 385 Å². The second-order valence-corrected chi connectivity index (χ2v) is 18.2. The van der Waals surface area contributed by atoms with Gasteiger partial charge in [0.1, 0.15) is 6.10 Å². The SMILES string of the molecule is CC/C=C/C/C=C/C/C=C/CCCCCCC(=O)OC(CCCCCCCCC/C=C/CCCCCCCC)CC(=O)NC(CO)C(O)CCCCCCCCCCCCCC. The van der Waals surface area contributed by atoms with Crippen molar-refractivity contribution < 1.29 is 24.5 Å². The van der Waals surface area contributed by atoms with E-state index in [0.29, 0.717) is 19.3 Å². The molecule has 6 nitrogen and oxygen atoms in total. The topological polar surface area (TPSA) is 95.9 Å². The Hall–Kier alpha value is -2.18. The lowest BCUT2D eigenvalue weighted by molar-refractivity contribution is -0.151. The van der Waals surface area contributed by atoms with Crippen LogP contribution in [-0.4, -0.2) is 46.9 Å². The van der Waals surface area contributed by atoms with E-state index in [4.69, 9.17) is 4.74 Å². The number of amides is 1. The van der Waals surface area contributed by atoms with Gasteiger partial charge >= 0.3 is 5.97 Å². The predicted octanol–water partition coefficient (Wildman–Crippen LogP) is 16.2. The van der Waals surface area contributed by atoms with Gasteiger partial charge in [-0.15, -0.1) is 0 Å². The number of aliphatic hydroxyl groups is 2. The number of carbonyl (C=O) groups is 2. The highest BCUT2D eigenvalue weighted by molar-refractivity contribution is 5.77. The van der Waals surface area contributed by atoms with E-state index in [2.05, 4.69) is 74.7 Å². The van der Waals surface area contributed by atoms with Crippen molar-refractivity contribution in [2.24, 2.45) is 0 Å². The number of hydrogen-bond acceptors (Lipinski definition) is 5. The molecule has 0 aromatic carbocycles. The van der Waals surface area contributed by atoms with Crippen molar-refractivity contribution in [3.63, 3.8) is 0 Å². The van der Waals surface area contributed by atoms with Crippen LogP contribution in [0.3, 0.4) is 0 Å². The largest absolute Gasteiger partial charge is 0.462 e. The zero-order chi connectivity index (χ0) is 45.2. The lowest BCUT2D eigenvalue weighted by Gasteiger charge is -2.24. The summed E-state index contributed by atoms with van der Waals surface area (Å²) in [6, 6.07) is -0.707. The van der Waals surface area contributed by atoms with E-state index in [1.807, 2.05) is 0 Å². The molecule has 3 atom stereocenters. The second kappa shape index (κ2) is 49.8. The van der Waals surface area contributed by atoms with E-state index in [9.17, 15) is 19.8 Å². The average Bonchev–Trinajstić information content (AvgIpc) is 3.26. The third-order valence-electron chi connectivity index (χ3n) is 12.1. The van der Waals surface area contributed by atoms with Crippen molar-refractivity contribution in [3.05, 3.63) is 48.6 Å². The van der Waals surface area contributed by atoms with Crippen molar-refractivity contribution in [2.75, 3.05) is 6.61 Å². The second-order valence-electron chi connectivity index (χ2n) is 18.2. The summed E-state index contributed by atoms with van der Waals surface area (Å²) in [5.74, 6) is -0.497. The lowest BCUT2D eigenvalue weighted by Crippen LogP contribution is -2.46. The third-order valence-corrected chi connectivity index (χ3v) is 12.1. The summed E-state index contributed by atoms with van der Waals surface area (Å²) in [5, 5.41) is 23.8. The highest BCUT2D eigenvalue weighted by atomic mass is 16.5. The summed E-state index contributed by atoms with van der Waals surface area (Å²) >= 11 is 0. The third kappa shape index (κ3) is 44.4. The van der Waals surface area contributed by atoms with Crippen molar-refractivity contribution in [1.82, 2.24) is 5.32 Å². The van der Waals surface area contributed by atoms with Crippen LogP contribution in [0.2, 0.25) is 0 Å². The smallest absolute Gasteiger partial charge is 0.306 e. The minimum atomic E-state index is -0.792. The maximum absolute atomic E-state index is 13.2. The molecule has 0 saturated heterocycles. The van der Waals surface area contributed by atoms with Crippen molar-refractivity contribution in [2.45, 2.75) is 289 Å². The van der Waals surface area contributed by atoms with Gasteiger partial charge < -0.3 is 20.3 Å². The number of esters is 1. The molecule has 0 aromatic rings. The quantitative estimate of drug-likeness (QED) is 0.0322. The molecule has 0 bridgehead atoms.